The van der Waals surface area contributed by atoms with Crippen molar-refractivity contribution in [2.75, 3.05) is 45.2 Å². The zero-order valence-electron chi connectivity index (χ0n) is 15.2. The van der Waals surface area contributed by atoms with Crippen molar-refractivity contribution in [3.05, 3.63) is 35.4 Å². The van der Waals surface area contributed by atoms with Crippen LogP contribution in [0.1, 0.15) is 30.4 Å². The number of carbonyl (C=O) groups excluding carboxylic acids is 2. The maximum Gasteiger partial charge on any atom is 0.246 e. The second-order valence-electron chi connectivity index (χ2n) is 7.03. The average Bonchev–Trinajstić information content (AvgIpc) is 3.14. The summed E-state index contributed by atoms with van der Waals surface area (Å²) in [6.07, 6.45) is 7.78. The Labute approximate surface area is 149 Å². The van der Waals surface area contributed by atoms with Crippen molar-refractivity contribution in [2.45, 2.75) is 25.7 Å². The molecule has 0 spiro atoms. The average molecular weight is 341 g/mol. The zero-order chi connectivity index (χ0) is 17.8. The highest BCUT2D eigenvalue weighted by Gasteiger charge is 2.20. The van der Waals surface area contributed by atoms with Gasteiger partial charge in [0.25, 0.3) is 0 Å². The Morgan fingerprint density at radius 3 is 2.68 bits per heavy atom. The van der Waals surface area contributed by atoms with Crippen molar-refractivity contribution in [1.82, 2.24) is 9.80 Å². The van der Waals surface area contributed by atoms with E-state index in [9.17, 15) is 9.59 Å². The van der Waals surface area contributed by atoms with Crippen LogP contribution in [0, 0.1) is 0 Å². The number of aryl methyl sites for hydroxylation is 1. The van der Waals surface area contributed by atoms with E-state index in [1.54, 1.807) is 13.1 Å². The fourth-order valence-electron chi connectivity index (χ4n) is 3.55. The van der Waals surface area contributed by atoms with Crippen LogP contribution in [-0.4, -0.2) is 61.9 Å². The molecule has 0 saturated carbocycles. The van der Waals surface area contributed by atoms with Crippen LogP contribution in [0.15, 0.2) is 24.3 Å². The lowest BCUT2D eigenvalue weighted by Gasteiger charge is -2.27. The molecule has 0 N–H and O–H groups in total. The van der Waals surface area contributed by atoms with Crippen LogP contribution >= 0.6 is 0 Å². The third-order valence-corrected chi connectivity index (χ3v) is 5.08. The van der Waals surface area contributed by atoms with Crippen LogP contribution in [0.25, 0.3) is 6.08 Å². The Morgan fingerprint density at radius 2 is 1.92 bits per heavy atom. The summed E-state index contributed by atoms with van der Waals surface area (Å²) in [5.41, 5.74) is 3.64. The van der Waals surface area contributed by atoms with E-state index < -0.39 is 0 Å². The number of likely N-dealkylation sites (tertiary alicyclic amines) is 1. The van der Waals surface area contributed by atoms with Gasteiger partial charge in [-0.15, -0.1) is 0 Å². The molecule has 0 aliphatic carbocycles. The molecular formula is C20H27N3O2. The molecule has 1 aromatic carbocycles. The molecule has 2 heterocycles. The number of likely N-dealkylation sites (N-methyl/N-ethyl adjacent to an activating group) is 1. The maximum absolute atomic E-state index is 12.3. The van der Waals surface area contributed by atoms with Crippen molar-refractivity contribution >= 4 is 23.6 Å². The van der Waals surface area contributed by atoms with Crippen LogP contribution in [0.4, 0.5) is 5.69 Å². The van der Waals surface area contributed by atoms with Crippen molar-refractivity contribution in [3.63, 3.8) is 0 Å². The number of hydrogen-bond acceptors (Lipinski definition) is 3. The van der Waals surface area contributed by atoms with Crippen molar-refractivity contribution < 1.29 is 9.59 Å². The fourth-order valence-corrected chi connectivity index (χ4v) is 3.55. The molecular weight excluding hydrogens is 314 g/mol. The number of fused-ring (bicyclic) bond motifs is 1. The van der Waals surface area contributed by atoms with E-state index in [4.69, 9.17) is 0 Å². The summed E-state index contributed by atoms with van der Waals surface area (Å²) in [5, 5.41) is 0. The predicted molar refractivity (Wildman–Crippen MR) is 101 cm³/mol. The third-order valence-electron chi connectivity index (χ3n) is 5.08. The molecule has 134 valence electrons. The van der Waals surface area contributed by atoms with Gasteiger partial charge < -0.3 is 14.7 Å². The van der Waals surface area contributed by atoms with Crippen LogP contribution in [0.5, 0.6) is 0 Å². The van der Waals surface area contributed by atoms with Gasteiger partial charge in [0.2, 0.25) is 11.8 Å². The fraction of sp³-hybridized carbons (Fsp3) is 0.500. The van der Waals surface area contributed by atoms with E-state index in [0.29, 0.717) is 0 Å². The highest BCUT2D eigenvalue weighted by molar-refractivity contribution is 5.94. The number of amides is 2. The highest BCUT2D eigenvalue weighted by atomic mass is 16.2. The molecule has 0 bridgehead atoms. The summed E-state index contributed by atoms with van der Waals surface area (Å²) in [6.45, 7) is 2.88. The quantitative estimate of drug-likeness (QED) is 0.789. The van der Waals surface area contributed by atoms with Crippen molar-refractivity contribution in [2.24, 2.45) is 0 Å². The first-order valence-electron chi connectivity index (χ1n) is 9.09. The van der Waals surface area contributed by atoms with Gasteiger partial charge in [-0.2, -0.15) is 0 Å². The zero-order valence-corrected chi connectivity index (χ0v) is 15.2. The number of carbonyl (C=O) groups is 2. The lowest BCUT2D eigenvalue weighted by atomic mass is 9.99. The molecule has 0 aromatic heterocycles. The van der Waals surface area contributed by atoms with E-state index in [0.717, 1.165) is 50.9 Å². The predicted octanol–water partition coefficient (Wildman–Crippen LogP) is 2.16. The molecule has 3 rings (SSSR count). The first kappa shape index (κ1) is 17.5. The molecule has 0 atom stereocenters. The van der Waals surface area contributed by atoms with E-state index in [-0.39, 0.29) is 18.4 Å². The summed E-state index contributed by atoms with van der Waals surface area (Å²) in [7, 11) is 3.80. The van der Waals surface area contributed by atoms with E-state index in [1.807, 2.05) is 17.0 Å². The van der Waals surface area contributed by atoms with Crippen molar-refractivity contribution in [1.29, 1.82) is 0 Å². The smallest absolute Gasteiger partial charge is 0.246 e. The molecule has 2 amide bonds. The Balaban J connectivity index is 1.59. The summed E-state index contributed by atoms with van der Waals surface area (Å²) in [5.74, 6) is -0.0963. The van der Waals surface area contributed by atoms with Gasteiger partial charge in [0, 0.05) is 45.5 Å². The van der Waals surface area contributed by atoms with Crippen LogP contribution in [0.2, 0.25) is 0 Å². The SMILES string of the molecule is CN(CC(=O)N1CCCC1)C(=O)/C=C\c1ccc2c(c1)CCCN2C. The first-order valence-corrected chi connectivity index (χ1v) is 9.09. The summed E-state index contributed by atoms with van der Waals surface area (Å²) >= 11 is 0. The van der Waals surface area contributed by atoms with Gasteiger partial charge in [0.15, 0.2) is 0 Å². The largest absolute Gasteiger partial charge is 0.374 e. The summed E-state index contributed by atoms with van der Waals surface area (Å²) in [6, 6.07) is 6.32. The molecule has 1 fully saturated rings. The molecule has 0 unspecified atom stereocenters. The van der Waals surface area contributed by atoms with Crippen LogP contribution < -0.4 is 4.90 Å². The van der Waals surface area contributed by atoms with Gasteiger partial charge >= 0.3 is 0 Å². The molecule has 2 aliphatic heterocycles. The van der Waals surface area contributed by atoms with Gasteiger partial charge in [-0.05, 0) is 55.0 Å². The molecule has 5 nitrogen and oxygen atoms in total. The lowest BCUT2D eigenvalue weighted by molar-refractivity contribution is -0.136. The number of anilines is 1. The monoisotopic (exact) mass is 341 g/mol. The van der Waals surface area contributed by atoms with E-state index in [1.165, 1.54) is 16.2 Å². The third kappa shape index (κ3) is 4.21. The summed E-state index contributed by atoms with van der Waals surface area (Å²) < 4.78 is 0. The van der Waals surface area contributed by atoms with Gasteiger partial charge in [-0.25, -0.2) is 0 Å². The Kier molecular flexibility index (Phi) is 5.41. The Hall–Kier alpha value is -2.30. The molecule has 5 heteroatoms. The second-order valence-corrected chi connectivity index (χ2v) is 7.03. The Morgan fingerprint density at radius 1 is 1.16 bits per heavy atom. The van der Waals surface area contributed by atoms with Crippen LogP contribution in [0.3, 0.4) is 0 Å². The Bertz CT molecular complexity index is 678. The number of nitrogens with zero attached hydrogens (tertiary/aromatic N) is 3. The number of hydrogen-bond donors (Lipinski definition) is 0. The summed E-state index contributed by atoms with van der Waals surface area (Å²) in [4.78, 5) is 30.0. The topological polar surface area (TPSA) is 43.9 Å². The minimum absolute atomic E-state index is 0.0403. The molecule has 25 heavy (non-hydrogen) atoms. The second kappa shape index (κ2) is 7.72. The maximum atomic E-state index is 12.3. The molecule has 2 aliphatic rings. The van der Waals surface area contributed by atoms with Gasteiger partial charge in [0.1, 0.15) is 0 Å². The lowest BCUT2D eigenvalue weighted by Crippen LogP contribution is -2.39. The van der Waals surface area contributed by atoms with Crippen molar-refractivity contribution in [3.8, 4) is 0 Å². The van der Waals surface area contributed by atoms with Gasteiger partial charge in [-0.3, -0.25) is 9.59 Å². The molecule has 1 aromatic rings. The van der Waals surface area contributed by atoms with E-state index in [2.05, 4.69) is 24.1 Å². The van der Waals surface area contributed by atoms with Crippen LogP contribution in [-0.2, 0) is 16.0 Å². The normalized spacial score (nSPS) is 17.0. The van der Waals surface area contributed by atoms with Gasteiger partial charge in [0.05, 0.1) is 6.54 Å². The van der Waals surface area contributed by atoms with Gasteiger partial charge in [-0.1, -0.05) is 6.07 Å². The minimum atomic E-state index is -0.137. The standard InChI is InChI=1S/C20H27N3O2/c1-21-11-5-6-17-14-16(7-9-18(17)21)8-10-19(24)22(2)15-20(25)23-12-3-4-13-23/h7-10,14H,3-6,11-13,15H2,1-2H3/b10-8-. The molecule has 1 saturated heterocycles. The highest BCUT2D eigenvalue weighted by Crippen LogP contribution is 2.27. The minimum Gasteiger partial charge on any atom is -0.374 e. The van der Waals surface area contributed by atoms with E-state index >= 15 is 0 Å². The first-order chi connectivity index (χ1) is 12.0. The molecule has 0 radical (unpaired) electrons. The number of benzene rings is 1. The number of rotatable bonds is 4.